The largest absolute Gasteiger partial charge is 0.368 e. The van der Waals surface area contributed by atoms with E-state index in [1.807, 2.05) is 6.07 Å². The van der Waals surface area contributed by atoms with Crippen LogP contribution in [0.15, 0.2) is 48.7 Å². The highest BCUT2D eigenvalue weighted by Crippen LogP contribution is 2.31. The summed E-state index contributed by atoms with van der Waals surface area (Å²) in [6.07, 6.45) is 0.367. The molecule has 8 heteroatoms. The molecule has 2 atom stereocenters. The summed E-state index contributed by atoms with van der Waals surface area (Å²) in [5, 5.41) is 20.1. The molecule has 5 nitrogen and oxygen atoms in total. The van der Waals surface area contributed by atoms with Gasteiger partial charge in [-0.2, -0.15) is 5.26 Å². The molecule has 2 aromatic heterocycles. The van der Waals surface area contributed by atoms with Crippen molar-refractivity contribution >= 4 is 5.82 Å². The second-order valence-electron chi connectivity index (χ2n) is 7.34. The minimum Gasteiger partial charge on any atom is -0.368 e. The summed E-state index contributed by atoms with van der Waals surface area (Å²) in [6, 6.07) is 11.9. The van der Waals surface area contributed by atoms with Gasteiger partial charge in [0.1, 0.15) is 17.5 Å². The molecule has 154 valence electrons. The maximum Gasteiger partial charge on any atom is 0.148 e. The Morgan fingerprint density at radius 3 is 2.57 bits per heavy atom. The van der Waals surface area contributed by atoms with E-state index >= 15 is 0 Å². The lowest BCUT2D eigenvalue weighted by Crippen LogP contribution is -2.35. The van der Waals surface area contributed by atoms with E-state index in [9.17, 15) is 13.2 Å². The van der Waals surface area contributed by atoms with Gasteiger partial charge in [-0.15, -0.1) is 10.2 Å². The summed E-state index contributed by atoms with van der Waals surface area (Å²) in [6.45, 7) is 3.31. The number of rotatable bonds is 7. The van der Waals surface area contributed by atoms with Gasteiger partial charge in [0, 0.05) is 23.7 Å². The molecule has 2 heterocycles. The standard InChI is InChI=1S/C22H20F3N5/c1-14(23)11-22(2,21-18(25)4-3-9-27-21)13-28-20-8-7-19(29-30-20)16-10-15(12-26)5-6-17(16)24/h3-10,14H,11,13H2,1-2H3,(H,28,30)/t14-,22-/m0/s1. The fourth-order valence-corrected chi connectivity index (χ4v) is 3.35. The van der Waals surface area contributed by atoms with Gasteiger partial charge < -0.3 is 5.32 Å². The third kappa shape index (κ3) is 4.74. The van der Waals surface area contributed by atoms with Crippen LogP contribution in [-0.2, 0) is 5.41 Å². The van der Waals surface area contributed by atoms with Crippen LogP contribution in [0, 0.1) is 23.0 Å². The van der Waals surface area contributed by atoms with Crippen LogP contribution in [0.5, 0.6) is 0 Å². The molecule has 0 fully saturated rings. The van der Waals surface area contributed by atoms with Crippen molar-refractivity contribution < 1.29 is 13.2 Å². The van der Waals surface area contributed by atoms with Crippen molar-refractivity contribution in [1.82, 2.24) is 15.2 Å². The summed E-state index contributed by atoms with van der Waals surface area (Å²) in [7, 11) is 0. The summed E-state index contributed by atoms with van der Waals surface area (Å²) in [4.78, 5) is 4.11. The number of hydrogen-bond acceptors (Lipinski definition) is 5. The fraction of sp³-hybridized carbons (Fsp3) is 0.273. The molecule has 0 saturated carbocycles. The average Bonchev–Trinajstić information content (AvgIpc) is 2.73. The molecule has 0 radical (unpaired) electrons. The third-order valence-electron chi connectivity index (χ3n) is 4.76. The van der Waals surface area contributed by atoms with Crippen molar-refractivity contribution in [3.63, 3.8) is 0 Å². The van der Waals surface area contributed by atoms with E-state index < -0.39 is 23.2 Å². The first kappa shape index (κ1) is 21.2. The Kier molecular flexibility index (Phi) is 6.31. The monoisotopic (exact) mass is 411 g/mol. The maximum absolute atomic E-state index is 14.3. The highest BCUT2D eigenvalue weighted by atomic mass is 19.1. The topological polar surface area (TPSA) is 74.5 Å². The zero-order valence-corrected chi connectivity index (χ0v) is 16.5. The van der Waals surface area contributed by atoms with E-state index in [1.165, 1.54) is 43.5 Å². The lowest BCUT2D eigenvalue weighted by Gasteiger charge is -2.30. The van der Waals surface area contributed by atoms with Crippen LogP contribution in [0.2, 0.25) is 0 Å². The number of benzene rings is 1. The molecule has 3 rings (SSSR count). The Morgan fingerprint density at radius 1 is 1.13 bits per heavy atom. The number of halogens is 3. The van der Waals surface area contributed by atoms with Crippen molar-refractivity contribution in [2.45, 2.75) is 31.9 Å². The number of nitriles is 1. The molecular weight excluding hydrogens is 391 g/mol. The molecule has 3 aromatic rings. The Morgan fingerprint density at radius 2 is 1.93 bits per heavy atom. The number of alkyl halides is 1. The first-order valence-corrected chi connectivity index (χ1v) is 9.35. The van der Waals surface area contributed by atoms with Crippen LogP contribution in [0.4, 0.5) is 19.0 Å². The third-order valence-corrected chi connectivity index (χ3v) is 4.76. The Hall–Kier alpha value is -3.47. The Balaban J connectivity index is 1.81. The summed E-state index contributed by atoms with van der Waals surface area (Å²) in [5.41, 5.74) is -0.00992. The van der Waals surface area contributed by atoms with Gasteiger partial charge in [0.15, 0.2) is 0 Å². The summed E-state index contributed by atoms with van der Waals surface area (Å²) in [5.74, 6) is -0.652. The Labute approximate surface area is 172 Å². The van der Waals surface area contributed by atoms with Crippen LogP contribution in [0.3, 0.4) is 0 Å². The van der Waals surface area contributed by atoms with Gasteiger partial charge in [-0.1, -0.05) is 6.92 Å². The molecule has 0 spiro atoms. The molecule has 0 saturated heterocycles. The number of nitrogens with zero attached hydrogens (tertiary/aromatic N) is 4. The van der Waals surface area contributed by atoms with Gasteiger partial charge in [0.2, 0.25) is 0 Å². The molecule has 1 aromatic carbocycles. The predicted molar refractivity (Wildman–Crippen MR) is 107 cm³/mol. The van der Waals surface area contributed by atoms with Gasteiger partial charge in [-0.05, 0) is 55.8 Å². The van der Waals surface area contributed by atoms with Crippen molar-refractivity contribution in [1.29, 1.82) is 5.26 Å². The quantitative estimate of drug-likeness (QED) is 0.604. The highest BCUT2D eigenvalue weighted by Gasteiger charge is 2.33. The second kappa shape index (κ2) is 8.91. The minimum atomic E-state index is -1.16. The van der Waals surface area contributed by atoms with Crippen LogP contribution >= 0.6 is 0 Å². The average molecular weight is 411 g/mol. The van der Waals surface area contributed by atoms with Crippen molar-refractivity contribution in [3.05, 3.63) is 71.6 Å². The molecule has 30 heavy (non-hydrogen) atoms. The van der Waals surface area contributed by atoms with E-state index in [0.29, 0.717) is 11.4 Å². The number of aromatic nitrogens is 3. The Bertz CT molecular complexity index is 1060. The zero-order chi connectivity index (χ0) is 21.7. The normalized spacial score (nSPS) is 13.9. The van der Waals surface area contributed by atoms with Crippen LogP contribution in [-0.4, -0.2) is 27.9 Å². The van der Waals surface area contributed by atoms with Gasteiger partial charge in [-0.3, -0.25) is 4.98 Å². The fourth-order valence-electron chi connectivity index (χ4n) is 3.35. The number of pyridine rings is 1. The molecule has 0 amide bonds. The molecule has 1 N–H and O–H groups in total. The van der Waals surface area contributed by atoms with E-state index in [1.54, 1.807) is 19.1 Å². The van der Waals surface area contributed by atoms with E-state index in [2.05, 4.69) is 20.5 Å². The minimum absolute atomic E-state index is 0.0611. The van der Waals surface area contributed by atoms with E-state index in [0.717, 1.165) is 0 Å². The molecule has 0 aliphatic rings. The first-order chi connectivity index (χ1) is 14.3. The van der Waals surface area contributed by atoms with Crippen LogP contribution in [0.1, 0.15) is 31.5 Å². The van der Waals surface area contributed by atoms with Gasteiger partial charge in [-0.25, -0.2) is 13.2 Å². The first-order valence-electron chi connectivity index (χ1n) is 9.35. The molecule has 0 bridgehead atoms. The van der Waals surface area contributed by atoms with E-state index in [-0.39, 0.29) is 29.9 Å². The summed E-state index contributed by atoms with van der Waals surface area (Å²) < 4.78 is 42.2. The summed E-state index contributed by atoms with van der Waals surface area (Å²) >= 11 is 0. The van der Waals surface area contributed by atoms with Crippen molar-refractivity contribution in [2.24, 2.45) is 0 Å². The van der Waals surface area contributed by atoms with E-state index in [4.69, 9.17) is 5.26 Å². The van der Waals surface area contributed by atoms with Crippen molar-refractivity contribution in [3.8, 4) is 17.3 Å². The highest BCUT2D eigenvalue weighted by molar-refractivity contribution is 5.62. The lowest BCUT2D eigenvalue weighted by atomic mass is 9.81. The number of anilines is 1. The smallest absolute Gasteiger partial charge is 0.148 e. The van der Waals surface area contributed by atoms with Gasteiger partial charge in [0.05, 0.1) is 29.2 Å². The van der Waals surface area contributed by atoms with Crippen LogP contribution < -0.4 is 5.32 Å². The molecule has 0 aliphatic carbocycles. The number of hydrogen-bond donors (Lipinski definition) is 1. The second-order valence-corrected chi connectivity index (χ2v) is 7.34. The molecule has 0 aliphatic heterocycles. The van der Waals surface area contributed by atoms with Crippen molar-refractivity contribution in [2.75, 3.05) is 11.9 Å². The molecular formula is C22H20F3N5. The SMILES string of the molecule is C[C@H](F)C[C@@](C)(CNc1ccc(-c2cc(C#N)ccc2F)nn1)c1ncccc1F. The van der Waals surface area contributed by atoms with Crippen LogP contribution in [0.25, 0.3) is 11.3 Å². The molecule has 0 unspecified atom stereocenters. The van der Waals surface area contributed by atoms with Gasteiger partial charge in [0.25, 0.3) is 0 Å². The lowest BCUT2D eigenvalue weighted by molar-refractivity contribution is 0.267. The predicted octanol–water partition coefficient (Wildman–Crippen LogP) is 4.81. The number of nitrogens with one attached hydrogen (secondary N) is 1. The zero-order valence-electron chi connectivity index (χ0n) is 16.5. The van der Waals surface area contributed by atoms with Gasteiger partial charge >= 0.3 is 0 Å². The maximum atomic E-state index is 14.3.